The highest BCUT2D eigenvalue weighted by atomic mass is 15.2. The van der Waals surface area contributed by atoms with Crippen LogP contribution in [0, 0.1) is 11.3 Å². The van der Waals surface area contributed by atoms with Crippen LogP contribution in [-0.4, -0.2) is 19.6 Å². The van der Waals surface area contributed by atoms with E-state index in [-0.39, 0.29) is 0 Å². The van der Waals surface area contributed by atoms with E-state index in [1.54, 1.807) is 18.3 Å². The number of fused-ring (bicyclic) bond motifs is 1. The lowest BCUT2D eigenvalue weighted by atomic mass is 10.1. The number of aryl methyl sites for hydroxylation is 2. The molecule has 0 atom stereocenters. The van der Waals surface area contributed by atoms with Gasteiger partial charge >= 0.3 is 0 Å². The molecule has 0 fully saturated rings. The third-order valence-corrected chi connectivity index (χ3v) is 2.97. The molecular weight excluding hydrogens is 238 g/mol. The standard InChI is InChI=1S/C14H11N5/c15-9-12-5-7-19-13(17-18-14(19)8-12)4-3-11-2-1-6-16-10-11/h1-2,5-8,10H,3-4H2. The molecular formula is C14H11N5. The van der Waals surface area contributed by atoms with Gasteiger partial charge in [0.25, 0.3) is 0 Å². The van der Waals surface area contributed by atoms with Crippen molar-refractivity contribution in [2.24, 2.45) is 0 Å². The number of rotatable bonds is 3. The zero-order valence-electron chi connectivity index (χ0n) is 10.2. The van der Waals surface area contributed by atoms with Gasteiger partial charge in [-0.15, -0.1) is 10.2 Å². The molecule has 3 heterocycles. The van der Waals surface area contributed by atoms with Crippen LogP contribution in [0.4, 0.5) is 0 Å². The van der Waals surface area contributed by atoms with Gasteiger partial charge in [-0.05, 0) is 24.1 Å². The maximum Gasteiger partial charge on any atom is 0.162 e. The summed E-state index contributed by atoms with van der Waals surface area (Å²) in [7, 11) is 0. The van der Waals surface area contributed by atoms with Crippen LogP contribution in [0.25, 0.3) is 5.65 Å². The normalized spacial score (nSPS) is 10.5. The topological polar surface area (TPSA) is 66.9 Å². The molecule has 0 radical (unpaired) electrons. The fourth-order valence-electron chi connectivity index (χ4n) is 1.98. The second-order valence-corrected chi connectivity index (χ2v) is 4.23. The van der Waals surface area contributed by atoms with E-state index in [0.717, 1.165) is 18.7 Å². The van der Waals surface area contributed by atoms with Gasteiger partial charge in [0.15, 0.2) is 5.65 Å². The number of nitrogens with zero attached hydrogens (tertiary/aromatic N) is 5. The van der Waals surface area contributed by atoms with Gasteiger partial charge in [-0.3, -0.25) is 9.38 Å². The molecule has 0 amide bonds. The van der Waals surface area contributed by atoms with E-state index in [1.165, 1.54) is 5.56 Å². The number of hydrogen-bond donors (Lipinski definition) is 0. The molecule has 5 heteroatoms. The minimum absolute atomic E-state index is 0.596. The molecule has 5 nitrogen and oxygen atoms in total. The third-order valence-electron chi connectivity index (χ3n) is 2.97. The Labute approximate surface area is 110 Å². The molecule has 0 aliphatic rings. The molecule has 3 aromatic rings. The summed E-state index contributed by atoms with van der Waals surface area (Å²) in [6, 6.07) is 9.57. The van der Waals surface area contributed by atoms with Crippen molar-refractivity contribution in [2.45, 2.75) is 12.8 Å². The van der Waals surface area contributed by atoms with Crippen molar-refractivity contribution >= 4 is 5.65 Å². The maximum absolute atomic E-state index is 8.84. The largest absolute Gasteiger partial charge is 0.286 e. The van der Waals surface area contributed by atoms with E-state index in [2.05, 4.69) is 21.3 Å². The Morgan fingerprint density at radius 3 is 2.95 bits per heavy atom. The zero-order valence-corrected chi connectivity index (χ0v) is 10.2. The first-order valence-electron chi connectivity index (χ1n) is 5.99. The summed E-state index contributed by atoms with van der Waals surface area (Å²) in [5, 5.41) is 17.1. The van der Waals surface area contributed by atoms with Crippen LogP contribution in [0.1, 0.15) is 17.0 Å². The van der Waals surface area contributed by atoms with Gasteiger partial charge in [-0.2, -0.15) is 5.26 Å². The lowest BCUT2D eigenvalue weighted by molar-refractivity contribution is 0.836. The van der Waals surface area contributed by atoms with Crippen LogP contribution in [0.5, 0.6) is 0 Å². The Bertz CT molecular complexity index is 739. The van der Waals surface area contributed by atoms with Crippen LogP contribution >= 0.6 is 0 Å². The molecule has 0 saturated heterocycles. The molecule has 3 rings (SSSR count). The van der Waals surface area contributed by atoms with Crippen molar-refractivity contribution in [3.05, 3.63) is 59.8 Å². The van der Waals surface area contributed by atoms with Gasteiger partial charge in [-0.1, -0.05) is 6.07 Å². The molecule has 0 N–H and O–H groups in total. The lowest BCUT2D eigenvalue weighted by Crippen LogP contribution is -1.98. The predicted octanol–water partition coefficient (Wildman–Crippen LogP) is 1.78. The summed E-state index contributed by atoms with van der Waals surface area (Å²) >= 11 is 0. The minimum atomic E-state index is 0.596. The van der Waals surface area contributed by atoms with Crippen molar-refractivity contribution < 1.29 is 0 Å². The first-order chi connectivity index (χ1) is 9.36. The summed E-state index contributed by atoms with van der Waals surface area (Å²) in [6.45, 7) is 0. The van der Waals surface area contributed by atoms with Crippen LogP contribution in [0.3, 0.4) is 0 Å². The lowest BCUT2D eigenvalue weighted by Gasteiger charge is -2.00. The molecule has 92 valence electrons. The third kappa shape index (κ3) is 2.29. The smallest absolute Gasteiger partial charge is 0.162 e. The van der Waals surface area contributed by atoms with E-state index >= 15 is 0 Å². The number of aromatic nitrogens is 4. The van der Waals surface area contributed by atoms with Gasteiger partial charge in [0.2, 0.25) is 0 Å². The first-order valence-corrected chi connectivity index (χ1v) is 5.99. The van der Waals surface area contributed by atoms with Crippen molar-refractivity contribution in [3.63, 3.8) is 0 Å². The second kappa shape index (κ2) is 4.86. The molecule has 0 saturated carbocycles. The van der Waals surface area contributed by atoms with Gasteiger partial charge in [0.1, 0.15) is 5.82 Å². The number of pyridine rings is 2. The molecule has 0 aliphatic carbocycles. The average Bonchev–Trinajstić information content (AvgIpc) is 2.88. The number of nitriles is 1. The van der Waals surface area contributed by atoms with Gasteiger partial charge < -0.3 is 0 Å². The zero-order chi connectivity index (χ0) is 13.1. The van der Waals surface area contributed by atoms with E-state index in [9.17, 15) is 0 Å². The quantitative estimate of drug-likeness (QED) is 0.709. The van der Waals surface area contributed by atoms with Crippen molar-refractivity contribution in [1.29, 1.82) is 5.26 Å². The minimum Gasteiger partial charge on any atom is -0.286 e. The van der Waals surface area contributed by atoms with Crippen LogP contribution in [0.15, 0.2) is 42.9 Å². The van der Waals surface area contributed by atoms with E-state index < -0.39 is 0 Å². The average molecular weight is 249 g/mol. The van der Waals surface area contributed by atoms with E-state index in [0.29, 0.717) is 11.2 Å². The SMILES string of the molecule is N#Cc1ccn2c(CCc3cccnc3)nnc2c1. The molecule has 19 heavy (non-hydrogen) atoms. The summed E-state index contributed by atoms with van der Waals surface area (Å²) in [5.74, 6) is 0.892. The molecule has 0 bridgehead atoms. The molecule has 0 spiro atoms. The second-order valence-electron chi connectivity index (χ2n) is 4.23. The summed E-state index contributed by atoms with van der Waals surface area (Å²) < 4.78 is 1.91. The van der Waals surface area contributed by atoms with Gasteiger partial charge in [0, 0.05) is 31.1 Å². The summed E-state index contributed by atoms with van der Waals surface area (Å²) in [4.78, 5) is 4.09. The van der Waals surface area contributed by atoms with Crippen LogP contribution < -0.4 is 0 Å². The molecule has 0 unspecified atom stereocenters. The summed E-state index contributed by atoms with van der Waals surface area (Å²) in [5.41, 5.74) is 2.48. The Hall–Kier alpha value is -2.74. The van der Waals surface area contributed by atoms with Gasteiger partial charge in [-0.25, -0.2) is 0 Å². The molecule has 0 aliphatic heterocycles. The van der Waals surface area contributed by atoms with E-state index in [1.807, 2.05) is 28.9 Å². The van der Waals surface area contributed by atoms with Gasteiger partial charge in [0.05, 0.1) is 11.6 Å². The fraction of sp³-hybridized carbons (Fsp3) is 0.143. The monoisotopic (exact) mass is 249 g/mol. The maximum atomic E-state index is 8.84. The van der Waals surface area contributed by atoms with Crippen molar-refractivity contribution in [2.75, 3.05) is 0 Å². The highest BCUT2D eigenvalue weighted by molar-refractivity contribution is 5.45. The fourth-order valence-corrected chi connectivity index (χ4v) is 1.98. The molecule has 3 aromatic heterocycles. The Kier molecular flexibility index (Phi) is 2.91. The first kappa shape index (κ1) is 11.4. The predicted molar refractivity (Wildman–Crippen MR) is 69.3 cm³/mol. The Balaban J connectivity index is 1.84. The highest BCUT2D eigenvalue weighted by Gasteiger charge is 2.06. The van der Waals surface area contributed by atoms with Crippen LogP contribution in [-0.2, 0) is 12.8 Å². The van der Waals surface area contributed by atoms with Crippen LogP contribution in [0.2, 0.25) is 0 Å². The highest BCUT2D eigenvalue weighted by Crippen LogP contribution is 2.09. The Morgan fingerprint density at radius 2 is 2.16 bits per heavy atom. The van der Waals surface area contributed by atoms with E-state index in [4.69, 9.17) is 5.26 Å². The molecule has 0 aromatic carbocycles. The Morgan fingerprint density at radius 1 is 1.21 bits per heavy atom. The summed E-state index contributed by atoms with van der Waals surface area (Å²) in [6.07, 6.45) is 7.12. The van der Waals surface area contributed by atoms with Crippen molar-refractivity contribution in [3.8, 4) is 6.07 Å². The number of hydrogen-bond acceptors (Lipinski definition) is 4. The van der Waals surface area contributed by atoms with Crippen molar-refractivity contribution in [1.82, 2.24) is 19.6 Å².